The predicted octanol–water partition coefficient (Wildman–Crippen LogP) is 4.90. The van der Waals surface area contributed by atoms with Gasteiger partial charge >= 0.3 is 0 Å². The Kier molecular flexibility index (Phi) is 4.81. The first kappa shape index (κ1) is 19.4. The van der Waals surface area contributed by atoms with Gasteiger partial charge in [-0.1, -0.05) is 26.0 Å². The van der Waals surface area contributed by atoms with E-state index in [0.29, 0.717) is 17.6 Å². The van der Waals surface area contributed by atoms with Crippen LogP contribution in [0.4, 0.5) is 11.6 Å². The monoisotopic (exact) mass is 391 g/mol. The summed E-state index contributed by atoms with van der Waals surface area (Å²) in [4.78, 5) is 23.7. The summed E-state index contributed by atoms with van der Waals surface area (Å²) in [6.07, 6.45) is 5.07. The van der Waals surface area contributed by atoms with Gasteiger partial charge in [0.1, 0.15) is 11.3 Å². The number of aromatic nitrogens is 3. The van der Waals surface area contributed by atoms with Crippen molar-refractivity contribution in [1.82, 2.24) is 19.4 Å². The Morgan fingerprint density at radius 3 is 2.45 bits per heavy atom. The van der Waals surface area contributed by atoms with Crippen LogP contribution in [0.2, 0.25) is 0 Å². The summed E-state index contributed by atoms with van der Waals surface area (Å²) < 4.78 is 2.13. The molecule has 4 rings (SSSR count). The molecule has 0 atom stereocenters. The molecular formula is C23H29N5O. The summed E-state index contributed by atoms with van der Waals surface area (Å²) in [5, 5.41) is 4.20. The minimum absolute atomic E-state index is 0.00471. The zero-order valence-electron chi connectivity index (χ0n) is 17.9. The lowest BCUT2D eigenvalue weighted by Gasteiger charge is -2.41. The maximum absolute atomic E-state index is 12.8. The molecule has 0 aliphatic heterocycles. The van der Waals surface area contributed by atoms with Gasteiger partial charge in [0.2, 0.25) is 5.95 Å². The maximum atomic E-state index is 12.8. The van der Waals surface area contributed by atoms with Gasteiger partial charge in [0, 0.05) is 36.9 Å². The third-order valence-corrected chi connectivity index (χ3v) is 5.97. The Hall–Kier alpha value is -2.89. The Labute approximate surface area is 172 Å². The summed E-state index contributed by atoms with van der Waals surface area (Å²) in [5.41, 5.74) is 3.67. The van der Waals surface area contributed by atoms with Crippen LogP contribution in [-0.2, 0) is 5.54 Å². The molecule has 1 saturated carbocycles. The highest BCUT2D eigenvalue weighted by Crippen LogP contribution is 2.42. The molecule has 1 aliphatic rings. The van der Waals surface area contributed by atoms with Crippen molar-refractivity contribution in [2.45, 2.75) is 51.5 Å². The maximum Gasteiger partial charge on any atom is 0.270 e. The lowest BCUT2D eigenvalue weighted by Crippen LogP contribution is -2.40. The van der Waals surface area contributed by atoms with E-state index in [1.165, 1.54) is 12.0 Å². The Morgan fingerprint density at radius 1 is 1.21 bits per heavy atom. The molecule has 1 fully saturated rings. The van der Waals surface area contributed by atoms with Crippen molar-refractivity contribution < 1.29 is 4.79 Å². The smallest absolute Gasteiger partial charge is 0.270 e. The second-order valence-electron chi connectivity index (χ2n) is 8.79. The molecule has 1 aromatic carbocycles. The molecule has 1 N–H and O–H groups in total. The molecule has 0 spiro atoms. The molecule has 2 heterocycles. The molecule has 0 unspecified atom stereocenters. The average molecular weight is 392 g/mol. The van der Waals surface area contributed by atoms with Crippen molar-refractivity contribution in [3.05, 3.63) is 47.8 Å². The van der Waals surface area contributed by atoms with Gasteiger partial charge in [0.15, 0.2) is 0 Å². The van der Waals surface area contributed by atoms with Crippen LogP contribution in [0.1, 0.15) is 62.0 Å². The van der Waals surface area contributed by atoms with Crippen LogP contribution in [0.15, 0.2) is 36.5 Å². The van der Waals surface area contributed by atoms with E-state index in [9.17, 15) is 4.79 Å². The largest absolute Gasteiger partial charge is 0.343 e. The minimum atomic E-state index is -0.0761. The number of anilines is 2. The van der Waals surface area contributed by atoms with Crippen LogP contribution in [0.3, 0.4) is 0 Å². The van der Waals surface area contributed by atoms with Gasteiger partial charge in [-0.15, -0.1) is 0 Å². The van der Waals surface area contributed by atoms with Gasteiger partial charge < -0.3 is 14.8 Å². The Balaban J connectivity index is 1.74. The number of fused-ring (bicyclic) bond motifs is 1. The van der Waals surface area contributed by atoms with Crippen LogP contribution < -0.4 is 5.32 Å². The number of benzene rings is 1. The van der Waals surface area contributed by atoms with Crippen molar-refractivity contribution in [2.24, 2.45) is 0 Å². The number of nitrogens with zero attached hydrogens (tertiary/aromatic N) is 4. The van der Waals surface area contributed by atoms with E-state index in [2.05, 4.69) is 59.9 Å². The number of carbonyl (C=O) groups excluding carboxylic acids is 1. The third kappa shape index (κ3) is 3.48. The van der Waals surface area contributed by atoms with Crippen molar-refractivity contribution in [3.8, 4) is 0 Å². The zero-order chi connectivity index (χ0) is 20.8. The Morgan fingerprint density at radius 2 is 1.90 bits per heavy atom. The second-order valence-corrected chi connectivity index (χ2v) is 8.79. The van der Waals surface area contributed by atoms with E-state index in [1.54, 1.807) is 25.2 Å². The number of rotatable bonds is 5. The third-order valence-electron chi connectivity index (χ3n) is 5.97. The Bertz CT molecular complexity index is 1050. The summed E-state index contributed by atoms with van der Waals surface area (Å²) in [6.45, 7) is 6.57. The molecule has 152 valence electrons. The van der Waals surface area contributed by atoms with Crippen LogP contribution in [-0.4, -0.2) is 39.4 Å². The fourth-order valence-electron chi connectivity index (χ4n) is 3.97. The number of hydrogen-bond acceptors (Lipinski definition) is 4. The molecular weight excluding hydrogens is 362 g/mol. The summed E-state index contributed by atoms with van der Waals surface area (Å²) in [7, 11) is 3.57. The first-order valence-corrected chi connectivity index (χ1v) is 10.3. The molecule has 29 heavy (non-hydrogen) atoms. The summed E-state index contributed by atoms with van der Waals surface area (Å²) in [6, 6.07) is 10.3. The molecule has 3 aromatic rings. The van der Waals surface area contributed by atoms with Crippen molar-refractivity contribution in [1.29, 1.82) is 0 Å². The summed E-state index contributed by atoms with van der Waals surface area (Å²) in [5.74, 6) is 1.03. The summed E-state index contributed by atoms with van der Waals surface area (Å²) >= 11 is 0. The van der Waals surface area contributed by atoms with Crippen molar-refractivity contribution in [2.75, 3.05) is 19.4 Å². The van der Waals surface area contributed by atoms with E-state index in [-0.39, 0.29) is 11.4 Å². The van der Waals surface area contributed by atoms with Gasteiger partial charge in [0.05, 0.1) is 0 Å². The van der Waals surface area contributed by atoms with E-state index < -0.39 is 0 Å². The molecule has 0 bridgehead atoms. The van der Waals surface area contributed by atoms with Crippen LogP contribution >= 0.6 is 0 Å². The van der Waals surface area contributed by atoms with Gasteiger partial charge in [-0.2, -0.15) is 4.98 Å². The van der Waals surface area contributed by atoms with Gasteiger partial charge in [0.25, 0.3) is 5.91 Å². The number of nitrogens with one attached hydrogen (secondary N) is 1. The van der Waals surface area contributed by atoms with E-state index in [4.69, 9.17) is 4.98 Å². The number of carbonyl (C=O) groups is 1. The first-order valence-electron chi connectivity index (χ1n) is 10.3. The van der Waals surface area contributed by atoms with Gasteiger partial charge in [-0.3, -0.25) is 4.79 Å². The lowest BCUT2D eigenvalue weighted by atomic mass is 9.78. The first-order chi connectivity index (χ1) is 13.8. The van der Waals surface area contributed by atoms with Crippen LogP contribution in [0, 0.1) is 0 Å². The van der Waals surface area contributed by atoms with Gasteiger partial charge in [-0.25, -0.2) is 4.98 Å². The second kappa shape index (κ2) is 7.17. The van der Waals surface area contributed by atoms with E-state index in [0.717, 1.165) is 29.6 Å². The van der Waals surface area contributed by atoms with Crippen LogP contribution in [0.5, 0.6) is 0 Å². The average Bonchev–Trinajstić information content (AvgIpc) is 3.04. The molecule has 2 aromatic heterocycles. The minimum Gasteiger partial charge on any atom is -0.343 e. The van der Waals surface area contributed by atoms with E-state index in [1.807, 2.05) is 6.07 Å². The highest BCUT2D eigenvalue weighted by molar-refractivity contribution is 5.98. The molecule has 0 saturated heterocycles. The topological polar surface area (TPSA) is 63.1 Å². The fourth-order valence-corrected chi connectivity index (χ4v) is 3.97. The van der Waals surface area contributed by atoms with Gasteiger partial charge in [-0.05, 0) is 55.9 Å². The van der Waals surface area contributed by atoms with Crippen molar-refractivity contribution in [3.63, 3.8) is 0 Å². The van der Waals surface area contributed by atoms with E-state index >= 15 is 0 Å². The molecule has 1 aliphatic carbocycles. The zero-order valence-corrected chi connectivity index (χ0v) is 17.9. The van der Waals surface area contributed by atoms with Crippen molar-refractivity contribution >= 4 is 28.6 Å². The molecule has 0 radical (unpaired) electrons. The lowest BCUT2D eigenvalue weighted by molar-refractivity contribution is 0.0793. The molecule has 6 heteroatoms. The number of amides is 1. The standard InChI is InChI=1S/C23H29N5O/c1-15(2)16-7-9-18(10-8-16)25-22-24-14-17-13-19(21(29)27(4)5)28(20(17)26-22)23(3)11-6-12-23/h7-10,13-15H,6,11-12H2,1-5H3,(H,24,25,26). The van der Waals surface area contributed by atoms with Crippen LogP contribution in [0.25, 0.3) is 11.0 Å². The molecule has 1 amide bonds. The predicted molar refractivity (Wildman–Crippen MR) is 117 cm³/mol. The normalized spacial score (nSPS) is 15.4. The fraction of sp³-hybridized carbons (Fsp3) is 0.435. The highest BCUT2D eigenvalue weighted by atomic mass is 16.2. The molecule has 6 nitrogen and oxygen atoms in total. The highest BCUT2D eigenvalue weighted by Gasteiger charge is 2.38. The quantitative estimate of drug-likeness (QED) is 0.672. The SMILES string of the molecule is CC(C)c1ccc(Nc2ncc3cc(C(=O)N(C)C)n(C4(C)CCC4)c3n2)cc1. The number of hydrogen-bond donors (Lipinski definition) is 1.